The molecular formula is C52H34N6. The molecule has 6 heteroatoms. The first-order valence-electron chi connectivity index (χ1n) is 19.2. The number of rotatable bonds is 8. The lowest BCUT2D eigenvalue weighted by Crippen LogP contribution is -2.00. The molecule has 10 rings (SSSR count). The summed E-state index contributed by atoms with van der Waals surface area (Å²) < 4.78 is 0. The Kier molecular flexibility index (Phi) is 9.10. The lowest BCUT2D eigenvalue weighted by Gasteiger charge is -2.11. The van der Waals surface area contributed by atoms with Crippen LogP contribution in [0.5, 0.6) is 0 Å². The SMILES string of the molecule is c1ccc(-c2nc(-c3ccccc3)nc(-c3cccc(-c4cccc(-c5nc(-c6ccccc6)nc(-c6ccc(-c7ccc8ccccc8c7)cc6)n5)c4)c3)n2)cc1. The van der Waals surface area contributed by atoms with Gasteiger partial charge in [0.1, 0.15) is 0 Å². The highest BCUT2D eigenvalue weighted by Crippen LogP contribution is 2.32. The Morgan fingerprint density at radius 2 is 0.466 bits per heavy atom. The van der Waals surface area contributed by atoms with E-state index in [-0.39, 0.29) is 0 Å². The average Bonchev–Trinajstić information content (AvgIpc) is 3.32. The van der Waals surface area contributed by atoms with Crippen LogP contribution in [-0.4, -0.2) is 29.9 Å². The molecule has 2 aromatic heterocycles. The molecule has 0 radical (unpaired) electrons. The third-order valence-corrected chi connectivity index (χ3v) is 10.2. The Hall–Kier alpha value is -7.96. The minimum atomic E-state index is 0.595. The summed E-state index contributed by atoms with van der Waals surface area (Å²) in [6.07, 6.45) is 0. The molecule has 0 bridgehead atoms. The monoisotopic (exact) mass is 742 g/mol. The van der Waals surface area contributed by atoms with E-state index in [1.807, 2.05) is 115 Å². The van der Waals surface area contributed by atoms with Gasteiger partial charge in [0, 0.05) is 33.4 Å². The van der Waals surface area contributed by atoms with Crippen LogP contribution in [-0.2, 0) is 0 Å². The zero-order valence-corrected chi connectivity index (χ0v) is 31.3. The molecule has 0 saturated heterocycles. The van der Waals surface area contributed by atoms with E-state index >= 15 is 0 Å². The summed E-state index contributed by atoms with van der Waals surface area (Å²) in [6, 6.07) is 70.2. The molecular weight excluding hydrogens is 709 g/mol. The van der Waals surface area contributed by atoms with Crippen LogP contribution in [0.2, 0.25) is 0 Å². The Bertz CT molecular complexity index is 2980. The van der Waals surface area contributed by atoms with Gasteiger partial charge in [-0.3, -0.25) is 0 Å². The maximum atomic E-state index is 5.07. The summed E-state index contributed by atoms with van der Waals surface area (Å²) in [6.45, 7) is 0. The molecule has 272 valence electrons. The number of nitrogens with zero attached hydrogens (tertiary/aromatic N) is 6. The molecule has 2 heterocycles. The molecule has 0 spiro atoms. The van der Waals surface area contributed by atoms with Crippen molar-refractivity contribution in [2.45, 2.75) is 0 Å². The van der Waals surface area contributed by atoms with E-state index in [0.29, 0.717) is 34.9 Å². The summed E-state index contributed by atoms with van der Waals surface area (Å²) in [7, 11) is 0. The fourth-order valence-corrected chi connectivity index (χ4v) is 7.14. The second-order valence-electron chi connectivity index (χ2n) is 14.0. The average molecular weight is 743 g/mol. The zero-order valence-electron chi connectivity index (χ0n) is 31.3. The fraction of sp³-hybridized carbons (Fsp3) is 0. The van der Waals surface area contributed by atoms with Gasteiger partial charge in [-0.25, -0.2) is 29.9 Å². The number of hydrogen-bond acceptors (Lipinski definition) is 6. The van der Waals surface area contributed by atoms with Gasteiger partial charge in [0.2, 0.25) is 0 Å². The van der Waals surface area contributed by atoms with Crippen molar-refractivity contribution in [2.75, 3.05) is 0 Å². The van der Waals surface area contributed by atoms with E-state index in [2.05, 4.69) is 91.0 Å². The van der Waals surface area contributed by atoms with Crippen molar-refractivity contribution < 1.29 is 0 Å². The lowest BCUT2D eigenvalue weighted by atomic mass is 10.00. The van der Waals surface area contributed by atoms with Crippen LogP contribution < -0.4 is 0 Å². The van der Waals surface area contributed by atoms with Gasteiger partial charge in [0.25, 0.3) is 0 Å². The van der Waals surface area contributed by atoms with Crippen molar-refractivity contribution in [3.05, 3.63) is 206 Å². The first-order chi connectivity index (χ1) is 28.7. The molecule has 0 aliphatic rings. The topological polar surface area (TPSA) is 77.3 Å². The van der Waals surface area contributed by atoms with Gasteiger partial charge in [-0.05, 0) is 51.2 Å². The standard InChI is InChI=1S/C52H34N6/c1-4-15-37(16-5-1)47-53-48(38-17-6-2-7-18-38)56-51(55-47)45-24-12-22-42(33-45)43-23-13-25-46(34-43)52-57-49(39-19-8-3-9-20-39)54-50(58-52)40-29-26-36(27-30-40)44-31-28-35-14-10-11-21-41(35)32-44/h1-34H. The van der Waals surface area contributed by atoms with Gasteiger partial charge in [-0.1, -0.05) is 188 Å². The highest BCUT2D eigenvalue weighted by atomic mass is 15.0. The van der Waals surface area contributed by atoms with Crippen molar-refractivity contribution in [1.29, 1.82) is 0 Å². The maximum absolute atomic E-state index is 5.07. The Morgan fingerprint density at radius 1 is 0.172 bits per heavy atom. The van der Waals surface area contributed by atoms with Gasteiger partial charge in [0.15, 0.2) is 34.9 Å². The number of fused-ring (bicyclic) bond motifs is 1. The van der Waals surface area contributed by atoms with E-state index < -0.39 is 0 Å². The van der Waals surface area contributed by atoms with E-state index in [1.54, 1.807) is 0 Å². The quantitative estimate of drug-likeness (QED) is 0.154. The molecule has 6 nitrogen and oxygen atoms in total. The predicted molar refractivity (Wildman–Crippen MR) is 234 cm³/mol. The summed E-state index contributed by atoms with van der Waals surface area (Å²) in [4.78, 5) is 29.9. The lowest BCUT2D eigenvalue weighted by molar-refractivity contribution is 1.07. The number of hydrogen-bond donors (Lipinski definition) is 0. The first-order valence-corrected chi connectivity index (χ1v) is 19.2. The summed E-state index contributed by atoms with van der Waals surface area (Å²) in [5, 5.41) is 2.44. The van der Waals surface area contributed by atoms with Gasteiger partial charge < -0.3 is 0 Å². The maximum Gasteiger partial charge on any atom is 0.164 e. The van der Waals surface area contributed by atoms with Crippen molar-refractivity contribution in [2.24, 2.45) is 0 Å². The van der Waals surface area contributed by atoms with Crippen molar-refractivity contribution in [1.82, 2.24) is 29.9 Å². The third-order valence-electron chi connectivity index (χ3n) is 10.2. The minimum absolute atomic E-state index is 0.595. The summed E-state index contributed by atoms with van der Waals surface area (Å²) in [5.41, 5.74) is 9.80. The van der Waals surface area contributed by atoms with E-state index in [0.717, 1.165) is 55.6 Å². The van der Waals surface area contributed by atoms with Crippen LogP contribution in [0.3, 0.4) is 0 Å². The van der Waals surface area contributed by atoms with Gasteiger partial charge in [0.05, 0.1) is 0 Å². The molecule has 8 aromatic carbocycles. The highest BCUT2D eigenvalue weighted by molar-refractivity contribution is 5.87. The minimum Gasteiger partial charge on any atom is -0.208 e. The third kappa shape index (κ3) is 7.14. The second kappa shape index (κ2) is 15.3. The molecule has 0 saturated carbocycles. The van der Waals surface area contributed by atoms with Gasteiger partial charge in [-0.2, -0.15) is 0 Å². The summed E-state index contributed by atoms with van der Waals surface area (Å²) >= 11 is 0. The number of aromatic nitrogens is 6. The van der Waals surface area contributed by atoms with Crippen LogP contribution in [0.25, 0.3) is 101 Å². The van der Waals surface area contributed by atoms with Crippen molar-refractivity contribution >= 4 is 10.8 Å². The molecule has 0 amide bonds. The summed E-state index contributed by atoms with van der Waals surface area (Å²) in [5.74, 6) is 3.68. The molecule has 58 heavy (non-hydrogen) atoms. The predicted octanol–water partition coefficient (Wildman–Crippen LogP) is 12.5. The molecule has 0 unspecified atom stereocenters. The molecule has 10 aromatic rings. The Balaban J connectivity index is 1.02. The van der Waals surface area contributed by atoms with Gasteiger partial charge in [-0.15, -0.1) is 0 Å². The highest BCUT2D eigenvalue weighted by Gasteiger charge is 2.16. The van der Waals surface area contributed by atoms with E-state index in [4.69, 9.17) is 29.9 Å². The normalized spacial score (nSPS) is 11.1. The van der Waals surface area contributed by atoms with Gasteiger partial charge >= 0.3 is 0 Å². The van der Waals surface area contributed by atoms with E-state index in [1.165, 1.54) is 10.8 Å². The van der Waals surface area contributed by atoms with Crippen LogP contribution in [0.15, 0.2) is 206 Å². The molecule has 0 atom stereocenters. The molecule has 0 aliphatic carbocycles. The smallest absolute Gasteiger partial charge is 0.164 e. The van der Waals surface area contributed by atoms with Crippen LogP contribution in [0.4, 0.5) is 0 Å². The van der Waals surface area contributed by atoms with Crippen LogP contribution in [0, 0.1) is 0 Å². The zero-order chi connectivity index (χ0) is 38.7. The molecule has 0 N–H and O–H groups in total. The Labute approximate surface area is 336 Å². The van der Waals surface area contributed by atoms with Crippen molar-refractivity contribution in [3.63, 3.8) is 0 Å². The molecule has 0 fully saturated rings. The van der Waals surface area contributed by atoms with Crippen molar-refractivity contribution in [3.8, 4) is 90.6 Å². The first kappa shape index (κ1) is 34.5. The largest absolute Gasteiger partial charge is 0.208 e. The van der Waals surface area contributed by atoms with E-state index in [9.17, 15) is 0 Å². The van der Waals surface area contributed by atoms with Crippen LogP contribution in [0.1, 0.15) is 0 Å². The van der Waals surface area contributed by atoms with Crippen LogP contribution >= 0.6 is 0 Å². The Morgan fingerprint density at radius 3 is 0.914 bits per heavy atom. The number of benzene rings is 8. The molecule has 0 aliphatic heterocycles. The second-order valence-corrected chi connectivity index (χ2v) is 14.0. The fourth-order valence-electron chi connectivity index (χ4n) is 7.14.